The molecule has 2 aliphatic carbocycles. The number of rotatable bonds is 0. The highest BCUT2D eigenvalue weighted by Crippen LogP contribution is 2.76. The summed E-state index contributed by atoms with van der Waals surface area (Å²) in [5, 5.41) is 1.41. The molecule has 0 saturated heterocycles. The van der Waals surface area contributed by atoms with E-state index >= 15 is 0 Å². The molecule has 1 nitrogen and oxygen atoms in total. The summed E-state index contributed by atoms with van der Waals surface area (Å²) in [5.41, 5.74) is 7.82. The van der Waals surface area contributed by atoms with E-state index in [-0.39, 0.29) is 16.2 Å². The molecule has 1 aromatic heterocycles. The monoisotopic (exact) mass is 393 g/mol. The molecule has 1 saturated carbocycles. The SMILES string of the molecule is Cn1c2c(c3cc(Br)ccc31)C1(c3ccccc3-2)C(C)(C)CC1(C)C. The molecule has 1 spiro atoms. The molecule has 1 fully saturated rings. The quantitative estimate of drug-likeness (QED) is 0.402. The Labute approximate surface area is 158 Å². The predicted octanol–water partition coefficient (Wildman–Crippen LogP) is 6.66. The van der Waals surface area contributed by atoms with Gasteiger partial charge < -0.3 is 4.57 Å². The van der Waals surface area contributed by atoms with E-state index in [1.165, 1.54) is 34.1 Å². The van der Waals surface area contributed by atoms with Crippen LogP contribution in [-0.2, 0) is 12.5 Å². The third-order valence-electron chi connectivity index (χ3n) is 7.04. The second kappa shape index (κ2) is 4.40. The van der Waals surface area contributed by atoms with Crippen molar-refractivity contribution in [1.29, 1.82) is 0 Å². The fraction of sp³-hybridized carbons (Fsp3) is 0.391. The van der Waals surface area contributed by atoms with E-state index in [1.807, 2.05) is 0 Å². The first-order valence-electron chi connectivity index (χ1n) is 9.11. The molecule has 3 aromatic rings. The third kappa shape index (κ3) is 1.53. The Kier molecular flexibility index (Phi) is 2.77. The zero-order chi connectivity index (χ0) is 17.8. The average molecular weight is 394 g/mol. The van der Waals surface area contributed by atoms with Crippen molar-refractivity contribution in [2.45, 2.75) is 39.5 Å². The van der Waals surface area contributed by atoms with Crippen molar-refractivity contribution >= 4 is 26.8 Å². The van der Waals surface area contributed by atoms with Gasteiger partial charge in [0.1, 0.15) is 0 Å². The molecule has 0 aliphatic heterocycles. The van der Waals surface area contributed by atoms with Crippen LogP contribution in [0.4, 0.5) is 0 Å². The molecular weight excluding hydrogens is 370 g/mol. The van der Waals surface area contributed by atoms with Crippen LogP contribution in [0.1, 0.15) is 45.2 Å². The lowest BCUT2D eigenvalue weighted by molar-refractivity contribution is -0.0849. The molecule has 0 N–H and O–H groups in total. The van der Waals surface area contributed by atoms with E-state index in [0.717, 1.165) is 4.47 Å². The summed E-state index contributed by atoms with van der Waals surface area (Å²) in [5.74, 6) is 0. The Bertz CT molecular complexity index is 1040. The maximum absolute atomic E-state index is 3.71. The first-order valence-corrected chi connectivity index (χ1v) is 9.90. The van der Waals surface area contributed by atoms with Crippen LogP contribution >= 0.6 is 15.9 Å². The van der Waals surface area contributed by atoms with E-state index in [1.54, 1.807) is 5.56 Å². The van der Waals surface area contributed by atoms with E-state index in [9.17, 15) is 0 Å². The van der Waals surface area contributed by atoms with Crippen LogP contribution < -0.4 is 0 Å². The van der Waals surface area contributed by atoms with Gasteiger partial charge in [0.15, 0.2) is 0 Å². The number of aromatic nitrogens is 1. The zero-order valence-electron chi connectivity index (χ0n) is 15.6. The molecular formula is C23H24BrN. The van der Waals surface area contributed by atoms with Gasteiger partial charge in [0, 0.05) is 33.4 Å². The third-order valence-corrected chi connectivity index (χ3v) is 7.53. The highest BCUT2D eigenvalue weighted by Gasteiger charge is 2.70. The fourth-order valence-corrected chi connectivity index (χ4v) is 7.21. The molecule has 128 valence electrons. The molecule has 2 aliphatic rings. The first-order chi connectivity index (χ1) is 11.7. The van der Waals surface area contributed by atoms with Crippen LogP contribution in [0.2, 0.25) is 0 Å². The highest BCUT2D eigenvalue weighted by atomic mass is 79.9. The molecule has 1 heterocycles. The zero-order valence-corrected chi connectivity index (χ0v) is 17.2. The van der Waals surface area contributed by atoms with Crippen LogP contribution in [0, 0.1) is 10.8 Å². The summed E-state index contributed by atoms with van der Waals surface area (Å²) in [7, 11) is 2.23. The summed E-state index contributed by atoms with van der Waals surface area (Å²) in [6, 6.07) is 15.8. The van der Waals surface area contributed by atoms with Crippen molar-refractivity contribution in [1.82, 2.24) is 4.57 Å². The van der Waals surface area contributed by atoms with Gasteiger partial charge in [-0.2, -0.15) is 0 Å². The van der Waals surface area contributed by atoms with Crippen LogP contribution in [0.5, 0.6) is 0 Å². The van der Waals surface area contributed by atoms with Crippen molar-refractivity contribution in [3.8, 4) is 11.3 Å². The van der Waals surface area contributed by atoms with Gasteiger partial charge in [0.2, 0.25) is 0 Å². The van der Waals surface area contributed by atoms with Gasteiger partial charge in [0.25, 0.3) is 0 Å². The summed E-state index contributed by atoms with van der Waals surface area (Å²) in [4.78, 5) is 0. The van der Waals surface area contributed by atoms with Crippen LogP contribution in [0.3, 0.4) is 0 Å². The van der Waals surface area contributed by atoms with Gasteiger partial charge in [-0.3, -0.25) is 0 Å². The minimum atomic E-state index is 0.0756. The maximum atomic E-state index is 3.71. The summed E-state index contributed by atoms with van der Waals surface area (Å²) < 4.78 is 3.57. The number of fused-ring (bicyclic) bond motifs is 7. The minimum Gasteiger partial charge on any atom is -0.343 e. The Morgan fingerprint density at radius 3 is 2.32 bits per heavy atom. The number of benzene rings is 2. The van der Waals surface area contributed by atoms with E-state index < -0.39 is 0 Å². The molecule has 2 heteroatoms. The van der Waals surface area contributed by atoms with E-state index in [4.69, 9.17) is 0 Å². The fourth-order valence-electron chi connectivity index (χ4n) is 6.85. The summed E-state index contributed by atoms with van der Waals surface area (Å²) >= 11 is 3.71. The van der Waals surface area contributed by atoms with Gasteiger partial charge in [-0.05, 0) is 46.6 Å². The van der Waals surface area contributed by atoms with Crippen molar-refractivity contribution in [2.24, 2.45) is 17.9 Å². The maximum Gasteiger partial charge on any atom is 0.0533 e. The molecule has 2 aromatic carbocycles. The standard InChI is InChI=1S/C23H24BrN/c1-21(2)13-22(3,4)23(21)17-9-7-6-8-15(17)20-19(23)16-12-14(24)10-11-18(16)25(20)5/h6-12H,13H2,1-5H3. The number of hydrogen-bond donors (Lipinski definition) is 0. The molecule has 0 radical (unpaired) electrons. The van der Waals surface area contributed by atoms with Gasteiger partial charge >= 0.3 is 0 Å². The number of halogens is 1. The Morgan fingerprint density at radius 1 is 0.960 bits per heavy atom. The van der Waals surface area contributed by atoms with Crippen molar-refractivity contribution < 1.29 is 0 Å². The van der Waals surface area contributed by atoms with Crippen LogP contribution in [0.15, 0.2) is 46.9 Å². The average Bonchev–Trinajstić information content (AvgIpc) is 2.99. The number of aryl methyl sites for hydroxylation is 1. The highest BCUT2D eigenvalue weighted by molar-refractivity contribution is 9.10. The summed E-state index contributed by atoms with van der Waals surface area (Å²) in [6.07, 6.45) is 1.25. The smallest absolute Gasteiger partial charge is 0.0533 e. The molecule has 0 unspecified atom stereocenters. The Balaban J connectivity index is 2.04. The lowest BCUT2D eigenvalue weighted by Crippen LogP contribution is -2.63. The largest absolute Gasteiger partial charge is 0.343 e. The lowest BCUT2D eigenvalue weighted by Gasteiger charge is -2.67. The van der Waals surface area contributed by atoms with Crippen LogP contribution in [0.25, 0.3) is 22.2 Å². The van der Waals surface area contributed by atoms with E-state index in [0.29, 0.717) is 0 Å². The second-order valence-corrected chi connectivity index (χ2v) is 10.1. The molecule has 25 heavy (non-hydrogen) atoms. The van der Waals surface area contributed by atoms with Gasteiger partial charge in [-0.1, -0.05) is 67.9 Å². The van der Waals surface area contributed by atoms with Crippen molar-refractivity contribution in [2.75, 3.05) is 0 Å². The molecule has 0 bridgehead atoms. The minimum absolute atomic E-state index is 0.0756. The van der Waals surface area contributed by atoms with Crippen molar-refractivity contribution in [3.05, 3.63) is 58.1 Å². The number of nitrogens with zero attached hydrogens (tertiary/aromatic N) is 1. The van der Waals surface area contributed by atoms with E-state index in [2.05, 4.69) is 97.7 Å². The Hall–Kier alpha value is -1.54. The van der Waals surface area contributed by atoms with Crippen molar-refractivity contribution in [3.63, 3.8) is 0 Å². The molecule has 0 amide bonds. The Morgan fingerprint density at radius 2 is 1.64 bits per heavy atom. The molecule has 0 atom stereocenters. The first kappa shape index (κ1) is 15.7. The lowest BCUT2D eigenvalue weighted by atomic mass is 9.35. The summed E-state index contributed by atoms with van der Waals surface area (Å²) in [6.45, 7) is 9.84. The number of hydrogen-bond acceptors (Lipinski definition) is 0. The predicted molar refractivity (Wildman–Crippen MR) is 109 cm³/mol. The topological polar surface area (TPSA) is 4.93 Å². The van der Waals surface area contributed by atoms with Gasteiger partial charge in [-0.15, -0.1) is 0 Å². The van der Waals surface area contributed by atoms with Gasteiger partial charge in [-0.25, -0.2) is 0 Å². The second-order valence-electron chi connectivity index (χ2n) is 9.18. The normalized spacial score (nSPS) is 21.2. The molecule has 5 rings (SSSR count). The van der Waals surface area contributed by atoms with Gasteiger partial charge in [0.05, 0.1) is 5.69 Å². The van der Waals surface area contributed by atoms with Crippen LogP contribution in [-0.4, -0.2) is 4.57 Å².